The van der Waals surface area contributed by atoms with Crippen LogP contribution in [0.1, 0.15) is 13.8 Å². The number of methoxy groups -OCH3 is 1. The van der Waals surface area contributed by atoms with E-state index < -0.39 is 5.82 Å². The van der Waals surface area contributed by atoms with Gasteiger partial charge in [-0.3, -0.25) is 4.79 Å². The molecular weight excluding hydrogens is 470 g/mol. The summed E-state index contributed by atoms with van der Waals surface area (Å²) in [4.78, 5) is 21.7. The molecule has 0 aliphatic carbocycles. The van der Waals surface area contributed by atoms with Crippen LogP contribution in [-0.2, 0) is 4.79 Å². The van der Waals surface area contributed by atoms with E-state index >= 15 is 0 Å². The van der Waals surface area contributed by atoms with Crippen molar-refractivity contribution in [3.63, 3.8) is 0 Å². The maximum atomic E-state index is 14.5. The van der Waals surface area contributed by atoms with Crippen molar-refractivity contribution in [1.29, 1.82) is 0 Å². The number of nitrogens with one attached hydrogen (secondary N) is 1. The lowest BCUT2D eigenvalue weighted by Gasteiger charge is -2.38. The van der Waals surface area contributed by atoms with Gasteiger partial charge >= 0.3 is 0 Å². The highest BCUT2D eigenvalue weighted by Gasteiger charge is 2.31. The molecule has 174 valence electrons. The van der Waals surface area contributed by atoms with Crippen LogP contribution in [0.15, 0.2) is 43.2 Å². The molecule has 1 fully saturated rings. The number of likely N-dealkylation sites (tertiary alicyclic amines) is 1. The summed E-state index contributed by atoms with van der Waals surface area (Å²) < 4.78 is 25.9. The van der Waals surface area contributed by atoms with Gasteiger partial charge < -0.3 is 19.7 Å². The second-order valence-electron chi connectivity index (χ2n) is 6.78. The molecule has 0 spiro atoms. The molecule has 1 aliphatic heterocycles. The van der Waals surface area contributed by atoms with Crippen molar-refractivity contribution in [2.75, 3.05) is 25.5 Å². The van der Waals surface area contributed by atoms with Gasteiger partial charge in [0, 0.05) is 11.5 Å². The number of hydrogen-bond donors (Lipinski definition) is 1. The number of nitrogens with zero attached hydrogens (tertiary/aromatic N) is 3. The zero-order valence-corrected chi connectivity index (χ0v) is 19.9. The molecule has 0 bridgehead atoms. The SMILES string of the molecule is C=CC(=O)N1CC(Oc2cc3c(Nc4ccc(Cl)c(Cl)c4F)ncnc3cc2OC)C1.CC. The molecule has 0 radical (unpaired) electrons. The number of carbonyl (C=O) groups is 1. The molecule has 10 heteroatoms. The van der Waals surface area contributed by atoms with Gasteiger partial charge in [0.1, 0.15) is 18.2 Å². The number of benzene rings is 2. The van der Waals surface area contributed by atoms with Crippen molar-refractivity contribution in [2.45, 2.75) is 20.0 Å². The summed E-state index contributed by atoms with van der Waals surface area (Å²) in [7, 11) is 1.52. The third-order valence-corrected chi connectivity index (χ3v) is 5.62. The minimum absolute atomic E-state index is 0.113. The summed E-state index contributed by atoms with van der Waals surface area (Å²) in [6.07, 6.45) is 2.43. The fourth-order valence-corrected chi connectivity index (χ4v) is 3.48. The number of hydrogen-bond acceptors (Lipinski definition) is 6. The molecule has 1 aromatic heterocycles. The lowest BCUT2D eigenvalue weighted by atomic mass is 10.1. The Bertz CT molecular complexity index is 1190. The van der Waals surface area contributed by atoms with E-state index in [1.54, 1.807) is 17.0 Å². The number of rotatable bonds is 6. The van der Waals surface area contributed by atoms with E-state index in [0.29, 0.717) is 41.3 Å². The van der Waals surface area contributed by atoms with Gasteiger partial charge in [0.25, 0.3) is 0 Å². The summed E-state index contributed by atoms with van der Waals surface area (Å²) >= 11 is 11.8. The predicted molar refractivity (Wildman–Crippen MR) is 128 cm³/mol. The van der Waals surface area contributed by atoms with Crippen molar-refractivity contribution in [3.8, 4) is 11.5 Å². The Labute approximate surface area is 201 Å². The first-order valence-corrected chi connectivity index (χ1v) is 11.0. The number of halogens is 3. The molecule has 2 aromatic carbocycles. The van der Waals surface area contributed by atoms with Crippen molar-refractivity contribution in [3.05, 3.63) is 59.1 Å². The molecule has 33 heavy (non-hydrogen) atoms. The fourth-order valence-electron chi connectivity index (χ4n) is 3.17. The monoisotopic (exact) mass is 492 g/mol. The van der Waals surface area contributed by atoms with Gasteiger partial charge in [0.2, 0.25) is 5.91 Å². The normalized spacial score (nSPS) is 13.0. The summed E-state index contributed by atoms with van der Waals surface area (Å²) in [6, 6.07) is 6.37. The first kappa shape index (κ1) is 24.5. The topological polar surface area (TPSA) is 76.6 Å². The quantitative estimate of drug-likeness (QED) is 0.354. The van der Waals surface area contributed by atoms with E-state index in [-0.39, 0.29) is 27.7 Å². The lowest BCUT2D eigenvalue weighted by Crippen LogP contribution is -2.55. The Morgan fingerprint density at radius 1 is 1.24 bits per heavy atom. The Morgan fingerprint density at radius 3 is 2.64 bits per heavy atom. The van der Waals surface area contributed by atoms with E-state index in [1.807, 2.05) is 13.8 Å². The van der Waals surface area contributed by atoms with Crippen molar-refractivity contribution < 1.29 is 18.7 Å². The van der Waals surface area contributed by atoms with Crippen molar-refractivity contribution in [2.24, 2.45) is 0 Å². The van der Waals surface area contributed by atoms with Crippen LogP contribution in [0.4, 0.5) is 15.9 Å². The van der Waals surface area contributed by atoms with E-state index in [4.69, 9.17) is 32.7 Å². The highest BCUT2D eigenvalue weighted by atomic mass is 35.5. The molecule has 3 aromatic rings. The third-order valence-electron chi connectivity index (χ3n) is 4.84. The van der Waals surface area contributed by atoms with Gasteiger partial charge in [-0.25, -0.2) is 14.4 Å². The molecule has 0 unspecified atom stereocenters. The number of aromatic nitrogens is 2. The number of fused-ring (bicyclic) bond motifs is 1. The summed E-state index contributed by atoms with van der Waals surface area (Å²) in [6.45, 7) is 8.36. The molecule has 2 heterocycles. The van der Waals surface area contributed by atoms with Gasteiger partial charge in [0.15, 0.2) is 17.3 Å². The Hall–Kier alpha value is -3.10. The Balaban J connectivity index is 0.00000149. The molecule has 7 nitrogen and oxygen atoms in total. The lowest BCUT2D eigenvalue weighted by molar-refractivity contribution is -0.134. The molecule has 4 rings (SSSR count). The van der Waals surface area contributed by atoms with Crippen LogP contribution in [0.2, 0.25) is 10.0 Å². The molecule has 0 atom stereocenters. The van der Waals surface area contributed by atoms with Gasteiger partial charge in [-0.2, -0.15) is 0 Å². The van der Waals surface area contributed by atoms with Crippen molar-refractivity contribution in [1.82, 2.24) is 14.9 Å². The van der Waals surface area contributed by atoms with Gasteiger partial charge in [-0.1, -0.05) is 43.6 Å². The Kier molecular flexibility index (Phi) is 7.94. The first-order valence-electron chi connectivity index (χ1n) is 10.2. The van der Waals surface area contributed by atoms with Crippen LogP contribution < -0.4 is 14.8 Å². The van der Waals surface area contributed by atoms with Crippen LogP contribution in [0, 0.1) is 5.82 Å². The number of carbonyl (C=O) groups excluding carboxylic acids is 1. The van der Waals surface area contributed by atoms with Crippen LogP contribution in [0.25, 0.3) is 10.9 Å². The largest absolute Gasteiger partial charge is 0.493 e. The van der Waals surface area contributed by atoms with Gasteiger partial charge in [0.05, 0.1) is 41.4 Å². The predicted octanol–water partition coefficient (Wildman–Crippen LogP) is 5.63. The number of amides is 1. The smallest absolute Gasteiger partial charge is 0.246 e. The highest BCUT2D eigenvalue weighted by molar-refractivity contribution is 6.42. The zero-order chi connectivity index (χ0) is 24.1. The molecule has 1 aliphatic rings. The molecular formula is C23H23Cl2FN4O3. The summed E-state index contributed by atoms with van der Waals surface area (Å²) in [5.74, 6) is 0.456. The summed E-state index contributed by atoms with van der Waals surface area (Å²) in [5, 5.41) is 3.45. The minimum atomic E-state index is -0.688. The van der Waals surface area contributed by atoms with Crippen LogP contribution >= 0.6 is 23.2 Å². The fraction of sp³-hybridized carbons (Fsp3) is 0.261. The molecule has 1 amide bonds. The first-order chi connectivity index (χ1) is 15.9. The minimum Gasteiger partial charge on any atom is -0.493 e. The average molecular weight is 493 g/mol. The standard InChI is InChI=1S/C21H17Cl2FN4O3.C2H6/c1-3-18(29)28-8-11(9-28)31-17-6-12-15(7-16(17)30-2)25-10-26-21(12)27-14-5-4-13(22)19(23)20(14)24;1-2/h3-7,10-11H,1,8-9H2,2H3,(H,25,26,27);1-2H3. The summed E-state index contributed by atoms with van der Waals surface area (Å²) in [5.41, 5.74) is 0.685. The maximum absolute atomic E-state index is 14.5. The second-order valence-corrected chi connectivity index (χ2v) is 7.56. The van der Waals surface area contributed by atoms with E-state index in [2.05, 4.69) is 21.9 Å². The second kappa shape index (κ2) is 10.7. The highest BCUT2D eigenvalue weighted by Crippen LogP contribution is 2.37. The maximum Gasteiger partial charge on any atom is 0.246 e. The zero-order valence-electron chi connectivity index (χ0n) is 18.4. The molecule has 1 saturated heterocycles. The van der Waals surface area contributed by atoms with E-state index in [1.165, 1.54) is 31.6 Å². The Morgan fingerprint density at radius 2 is 1.97 bits per heavy atom. The number of anilines is 2. The van der Waals surface area contributed by atoms with E-state index in [9.17, 15) is 9.18 Å². The van der Waals surface area contributed by atoms with Gasteiger partial charge in [-0.05, 0) is 24.3 Å². The molecule has 1 N–H and O–H groups in total. The van der Waals surface area contributed by atoms with Crippen LogP contribution in [-0.4, -0.2) is 47.1 Å². The molecule has 0 saturated carbocycles. The average Bonchev–Trinajstić information content (AvgIpc) is 2.82. The third kappa shape index (κ3) is 5.12. The number of ether oxygens (including phenoxy) is 2. The van der Waals surface area contributed by atoms with E-state index in [0.717, 1.165) is 0 Å². The van der Waals surface area contributed by atoms with Crippen LogP contribution in [0.3, 0.4) is 0 Å². The van der Waals surface area contributed by atoms with Crippen LogP contribution in [0.5, 0.6) is 11.5 Å². The van der Waals surface area contributed by atoms with Crippen molar-refractivity contribution >= 4 is 51.5 Å². The van der Waals surface area contributed by atoms with Gasteiger partial charge in [-0.15, -0.1) is 0 Å².